The fourth-order valence-corrected chi connectivity index (χ4v) is 5.94. The first-order valence-electron chi connectivity index (χ1n) is 10.5. The van der Waals surface area contributed by atoms with E-state index in [9.17, 15) is 8.42 Å². The summed E-state index contributed by atoms with van der Waals surface area (Å²) in [6.07, 6.45) is 5.62. The number of sulfonamides is 1. The summed E-state index contributed by atoms with van der Waals surface area (Å²) in [6, 6.07) is 20.2. The van der Waals surface area contributed by atoms with E-state index in [4.69, 9.17) is 4.74 Å². The highest BCUT2D eigenvalue weighted by Gasteiger charge is 2.35. The van der Waals surface area contributed by atoms with Crippen LogP contribution in [0.15, 0.2) is 90.2 Å². The highest BCUT2D eigenvalue weighted by Crippen LogP contribution is 2.30. The van der Waals surface area contributed by atoms with Gasteiger partial charge in [-0.05, 0) is 41.3 Å². The molecule has 0 aliphatic carbocycles. The Hall–Kier alpha value is -3.13. The van der Waals surface area contributed by atoms with E-state index >= 15 is 0 Å². The molecule has 0 bridgehead atoms. The summed E-state index contributed by atoms with van der Waals surface area (Å²) in [7, 11) is -3.87. The van der Waals surface area contributed by atoms with Crippen molar-refractivity contribution >= 4 is 20.9 Å². The molecule has 1 aliphatic heterocycles. The Bertz CT molecular complexity index is 1340. The monoisotopic (exact) mass is 445 g/mol. The summed E-state index contributed by atoms with van der Waals surface area (Å²) in [5.74, 6) is 0. The number of ether oxygens (including phenoxy) is 1. The molecule has 32 heavy (non-hydrogen) atoms. The summed E-state index contributed by atoms with van der Waals surface area (Å²) in [6.45, 7) is 1.03. The van der Waals surface area contributed by atoms with Crippen LogP contribution in [0.25, 0.3) is 10.9 Å². The second kappa shape index (κ2) is 8.78. The third-order valence-electron chi connectivity index (χ3n) is 5.80. The second-order valence-corrected chi connectivity index (χ2v) is 9.74. The molecule has 1 unspecified atom stereocenters. The molecule has 162 valence electrons. The summed E-state index contributed by atoms with van der Waals surface area (Å²) in [5, 5.41) is 0.793. The van der Waals surface area contributed by atoms with E-state index in [2.05, 4.69) is 9.97 Å². The van der Waals surface area contributed by atoms with Gasteiger partial charge in [-0.2, -0.15) is 4.31 Å². The SMILES string of the molecule is O=S(=O)(c1cccc2cccnc12)N1Cc2ccccc2COCC1Cc1cccnc1. The molecule has 6 nitrogen and oxygen atoms in total. The molecule has 0 amide bonds. The predicted octanol–water partition coefficient (Wildman–Crippen LogP) is 3.96. The van der Waals surface area contributed by atoms with Gasteiger partial charge in [-0.1, -0.05) is 48.5 Å². The van der Waals surface area contributed by atoms with E-state index in [0.717, 1.165) is 22.1 Å². The van der Waals surface area contributed by atoms with Crippen LogP contribution in [0, 0.1) is 0 Å². The van der Waals surface area contributed by atoms with E-state index in [1.165, 1.54) is 0 Å². The summed E-state index contributed by atoms with van der Waals surface area (Å²) in [5.41, 5.74) is 3.39. The Kier molecular flexibility index (Phi) is 5.70. The van der Waals surface area contributed by atoms with E-state index in [1.54, 1.807) is 35.0 Å². The maximum atomic E-state index is 14.1. The smallest absolute Gasteiger partial charge is 0.245 e. The van der Waals surface area contributed by atoms with Gasteiger partial charge in [-0.25, -0.2) is 8.42 Å². The number of fused-ring (bicyclic) bond motifs is 2. The molecule has 0 saturated carbocycles. The largest absolute Gasteiger partial charge is 0.375 e. The maximum absolute atomic E-state index is 14.1. The van der Waals surface area contributed by atoms with Crippen molar-refractivity contribution in [2.24, 2.45) is 0 Å². The topological polar surface area (TPSA) is 72.4 Å². The van der Waals surface area contributed by atoms with Crippen molar-refractivity contribution in [3.8, 4) is 0 Å². The number of para-hydroxylation sites is 1. The Balaban J connectivity index is 1.63. The molecule has 2 aromatic carbocycles. The van der Waals surface area contributed by atoms with Gasteiger partial charge >= 0.3 is 0 Å². The molecule has 0 N–H and O–H groups in total. The van der Waals surface area contributed by atoms with Crippen molar-refractivity contribution in [2.75, 3.05) is 6.61 Å². The maximum Gasteiger partial charge on any atom is 0.245 e. The average Bonchev–Trinajstić information content (AvgIpc) is 2.81. The van der Waals surface area contributed by atoms with Gasteiger partial charge in [-0.15, -0.1) is 0 Å². The minimum absolute atomic E-state index is 0.213. The van der Waals surface area contributed by atoms with Crippen molar-refractivity contribution in [3.63, 3.8) is 0 Å². The molecule has 1 aliphatic rings. The van der Waals surface area contributed by atoms with Gasteiger partial charge in [0.1, 0.15) is 4.90 Å². The Morgan fingerprint density at radius 1 is 0.938 bits per heavy atom. The van der Waals surface area contributed by atoms with E-state index in [0.29, 0.717) is 25.2 Å². The lowest BCUT2D eigenvalue weighted by Gasteiger charge is -2.33. The number of nitrogens with zero attached hydrogens (tertiary/aromatic N) is 3. The second-order valence-electron chi connectivity index (χ2n) is 7.88. The van der Waals surface area contributed by atoms with Crippen LogP contribution in [0.2, 0.25) is 0 Å². The van der Waals surface area contributed by atoms with Crippen LogP contribution >= 0.6 is 0 Å². The zero-order valence-electron chi connectivity index (χ0n) is 17.5. The molecule has 1 atom stereocenters. The van der Waals surface area contributed by atoms with Gasteiger partial charge in [-0.3, -0.25) is 9.97 Å². The Labute approximate surface area is 187 Å². The van der Waals surface area contributed by atoms with Gasteiger partial charge in [0.05, 0.1) is 24.8 Å². The molecule has 3 heterocycles. The van der Waals surface area contributed by atoms with Crippen LogP contribution in [-0.2, 0) is 34.3 Å². The van der Waals surface area contributed by atoms with Crippen LogP contribution < -0.4 is 0 Å². The first kappa shape index (κ1) is 20.8. The van der Waals surface area contributed by atoms with Crippen molar-refractivity contribution in [3.05, 3.63) is 102 Å². The quantitative estimate of drug-likeness (QED) is 0.475. The number of aromatic nitrogens is 2. The van der Waals surface area contributed by atoms with Crippen molar-refractivity contribution in [1.82, 2.24) is 14.3 Å². The summed E-state index contributed by atoms with van der Waals surface area (Å²) in [4.78, 5) is 8.80. The highest BCUT2D eigenvalue weighted by molar-refractivity contribution is 7.89. The summed E-state index contributed by atoms with van der Waals surface area (Å²) < 4.78 is 35.7. The molecule has 2 aromatic heterocycles. The van der Waals surface area contributed by atoms with Crippen molar-refractivity contribution in [2.45, 2.75) is 30.5 Å². The van der Waals surface area contributed by atoms with E-state index < -0.39 is 10.0 Å². The predicted molar refractivity (Wildman–Crippen MR) is 122 cm³/mol. The Morgan fingerprint density at radius 2 is 1.75 bits per heavy atom. The van der Waals surface area contributed by atoms with Crippen LogP contribution in [0.5, 0.6) is 0 Å². The number of pyridine rings is 2. The fourth-order valence-electron chi connectivity index (χ4n) is 4.18. The first-order valence-corrected chi connectivity index (χ1v) is 12.0. The molecular formula is C25H23N3O3S. The molecule has 7 heteroatoms. The van der Waals surface area contributed by atoms with Gasteiger partial charge in [0.25, 0.3) is 0 Å². The van der Waals surface area contributed by atoms with Gasteiger partial charge < -0.3 is 4.74 Å². The number of hydrogen-bond donors (Lipinski definition) is 0. The average molecular weight is 446 g/mol. The molecule has 0 fully saturated rings. The van der Waals surface area contributed by atoms with Crippen LogP contribution in [0.4, 0.5) is 0 Å². The van der Waals surface area contributed by atoms with Crippen LogP contribution in [0.1, 0.15) is 16.7 Å². The molecule has 0 radical (unpaired) electrons. The number of rotatable bonds is 4. The minimum atomic E-state index is -3.87. The zero-order chi connectivity index (χ0) is 22.0. The van der Waals surface area contributed by atoms with Gasteiger partial charge in [0, 0.05) is 30.5 Å². The third-order valence-corrected chi connectivity index (χ3v) is 7.73. The van der Waals surface area contributed by atoms with Crippen LogP contribution in [-0.4, -0.2) is 35.3 Å². The van der Waals surface area contributed by atoms with E-state index in [1.807, 2.05) is 54.6 Å². The van der Waals surface area contributed by atoms with Gasteiger partial charge in [0.2, 0.25) is 10.0 Å². The molecular weight excluding hydrogens is 422 g/mol. The number of benzene rings is 2. The lowest BCUT2D eigenvalue weighted by Crippen LogP contribution is -2.45. The lowest BCUT2D eigenvalue weighted by molar-refractivity contribution is 0.0674. The molecule has 0 saturated heterocycles. The lowest BCUT2D eigenvalue weighted by atomic mass is 10.0. The Morgan fingerprint density at radius 3 is 2.59 bits per heavy atom. The molecule has 0 spiro atoms. The van der Waals surface area contributed by atoms with E-state index in [-0.39, 0.29) is 17.5 Å². The van der Waals surface area contributed by atoms with Crippen molar-refractivity contribution < 1.29 is 13.2 Å². The third kappa shape index (κ3) is 4.02. The normalized spacial score (nSPS) is 17.4. The standard InChI is InChI=1S/C25H23N3O3S/c29-32(30,24-11-3-9-20-10-5-13-27-25(20)24)28-16-21-7-1-2-8-22(21)17-31-18-23(28)14-19-6-4-12-26-15-19/h1-13,15,23H,14,16-18H2. The minimum Gasteiger partial charge on any atom is -0.375 e. The highest BCUT2D eigenvalue weighted by atomic mass is 32.2. The first-order chi connectivity index (χ1) is 15.6. The fraction of sp³-hybridized carbons (Fsp3) is 0.200. The molecule has 4 aromatic rings. The van der Waals surface area contributed by atoms with Crippen LogP contribution in [0.3, 0.4) is 0 Å². The van der Waals surface area contributed by atoms with Crippen molar-refractivity contribution in [1.29, 1.82) is 0 Å². The zero-order valence-corrected chi connectivity index (χ0v) is 18.3. The number of hydrogen-bond acceptors (Lipinski definition) is 5. The molecule has 5 rings (SSSR count). The van der Waals surface area contributed by atoms with Gasteiger partial charge in [0.15, 0.2) is 0 Å². The summed E-state index contributed by atoms with van der Waals surface area (Å²) >= 11 is 0.